The minimum absolute atomic E-state index is 0.152. The Hall–Kier alpha value is -2.84. The van der Waals surface area contributed by atoms with Crippen molar-refractivity contribution in [2.45, 2.75) is 90.9 Å². The molecule has 0 fully saturated rings. The smallest absolute Gasteiger partial charge is 0.417 e. The van der Waals surface area contributed by atoms with Crippen LogP contribution in [0.4, 0.5) is 13.2 Å². The first-order chi connectivity index (χ1) is 18.4. The number of hydrogen-bond acceptors (Lipinski definition) is 5. The SMILES string of the molecule is Cc1ccc(C2=Cc3c(cccc3OCCCOC(=O)C(C)(C)C(C)(N)CC(C)(C)N)CCC2)c(C(F)(F)F)c1. The normalized spacial score (nSPS) is 15.9. The van der Waals surface area contributed by atoms with E-state index in [0.29, 0.717) is 36.1 Å². The number of alkyl halides is 3. The molecular formula is C32H43F3N2O3. The number of benzene rings is 2. The first-order valence-electron chi connectivity index (χ1n) is 13.8. The molecule has 1 atom stereocenters. The van der Waals surface area contributed by atoms with Gasteiger partial charge < -0.3 is 20.9 Å². The molecule has 40 heavy (non-hydrogen) atoms. The van der Waals surface area contributed by atoms with Gasteiger partial charge in [0, 0.05) is 23.1 Å². The van der Waals surface area contributed by atoms with E-state index in [-0.39, 0.29) is 18.8 Å². The second-order valence-corrected chi connectivity index (χ2v) is 12.4. The lowest BCUT2D eigenvalue weighted by molar-refractivity contribution is -0.158. The number of aryl methyl sites for hydroxylation is 2. The molecule has 0 radical (unpaired) electrons. The third-order valence-electron chi connectivity index (χ3n) is 7.73. The molecule has 1 unspecified atom stereocenters. The number of esters is 1. The summed E-state index contributed by atoms with van der Waals surface area (Å²) >= 11 is 0. The van der Waals surface area contributed by atoms with Crippen molar-refractivity contribution in [1.29, 1.82) is 0 Å². The number of carbonyl (C=O) groups is 1. The molecule has 8 heteroatoms. The minimum Gasteiger partial charge on any atom is -0.493 e. The van der Waals surface area contributed by atoms with Crippen LogP contribution in [0.5, 0.6) is 5.75 Å². The summed E-state index contributed by atoms with van der Waals surface area (Å²) in [6.07, 6.45) is 0.287. The van der Waals surface area contributed by atoms with Crippen LogP contribution in [0.25, 0.3) is 11.6 Å². The monoisotopic (exact) mass is 560 g/mol. The van der Waals surface area contributed by atoms with E-state index >= 15 is 0 Å². The van der Waals surface area contributed by atoms with Crippen LogP contribution in [0, 0.1) is 12.3 Å². The van der Waals surface area contributed by atoms with Crippen molar-refractivity contribution < 1.29 is 27.4 Å². The number of carbonyl (C=O) groups excluding carboxylic acids is 1. The number of hydrogen-bond donors (Lipinski definition) is 2. The van der Waals surface area contributed by atoms with Crippen LogP contribution in [0.3, 0.4) is 0 Å². The summed E-state index contributed by atoms with van der Waals surface area (Å²) in [6.45, 7) is 11.2. The Morgan fingerprint density at radius 3 is 2.33 bits per heavy atom. The maximum Gasteiger partial charge on any atom is 0.417 e. The Morgan fingerprint density at radius 2 is 1.68 bits per heavy atom. The van der Waals surface area contributed by atoms with Gasteiger partial charge in [0.05, 0.1) is 24.2 Å². The van der Waals surface area contributed by atoms with Crippen LogP contribution < -0.4 is 16.2 Å². The van der Waals surface area contributed by atoms with Crippen LogP contribution in [0.15, 0.2) is 36.4 Å². The van der Waals surface area contributed by atoms with Gasteiger partial charge in [-0.05, 0) is 102 Å². The van der Waals surface area contributed by atoms with Gasteiger partial charge in [0.25, 0.3) is 0 Å². The van der Waals surface area contributed by atoms with E-state index in [1.165, 1.54) is 6.07 Å². The molecule has 0 saturated heterocycles. The number of allylic oxidation sites excluding steroid dienone is 1. The lowest BCUT2D eigenvalue weighted by atomic mass is 9.68. The first kappa shape index (κ1) is 31.7. The fourth-order valence-corrected chi connectivity index (χ4v) is 5.18. The van der Waals surface area contributed by atoms with Gasteiger partial charge in [-0.3, -0.25) is 4.79 Å². The maximum atomic E-state index is 13.9. The second kappa shape index (κ2) is 12.0. The van der Waals surface area contributed by atoms with E-state index in [9.17, 15) is 18.0 Å². The fraction of sp³-hybridized carbons (Fsp3) is 0.531. The van der Waals surface area contributed by atoms with E-state index in [2.05, 4.69) is 0 Å². The van der Waals surface area contributed by atoms with Gasteiger partial charge in [-0.15, -0.1) is 0 Å². The Bertz CT molecular complexity index is 1240. The van der Waals surface area contributed by atoms with E-state index in [0.717, 1.165) is 24.0 Å². The number of nitrogens with two attached hydrogens (primary N) is 2. The zero-order chi connectivity index (χ0) is 29.9. The predicted molar refractivity (Wildman–Crippen MR) is 154 cm³/mol. The molecule has 0 aliphatic heterocycles. The van der Waals surface area contributed by atoms with Crippen molar-refractivity contribution in [2.24, 2.45) is 16.9 Å². The Kier molecular flexibility index (Phi) is 9.47. The van der Waals surface area contributed by atoms with Crippen LogP contribution in [-0.2, 0) is 22.1 Å². The highest BCUT2D eigenvalue weighted by molar-refractivity contribution is 5.86. The first-order valence-corrected chi connectivity index (χ1v) is 13.8. The molecule has 220 valence electrons. The van der Waals surface area contributed by atoms with E-state index in [1.807, 2.05) is 45.0 Å². The molecule has 1 aliphatic rings. The van der Waals surface area contributed by atoms with Gasteiger partial charge in [0.15, 0.2) is 0 Å². The van der Waals surface area contributed by atoms with Crippen molar-refractivity contribution in [1.82, 2.24) is 0 Å². The van der Waals surface area contributed by atoms with Crippen LogP contribution in [-0.4, -0.2) is 30.3 Å². The number of fused-ring (bicyclic) bond motifs is 1. The molecule has 4 N–H and O–H groups in total. The lowest BCUT2D eigenvalue weighted by Crippen LogP contribution is -2.59. The average Bonchev–Trinajstić information content (AvgIpc) is 3.04. The van der Waals surface area contributed by atoms with Crippen LogP contribution in [0.1, 0.15) is 88.1 Å². The van der Waals surface area contributed by atoms with E-state index in [4.69, 9.17) is 20.9 Å². The zero-order valence-electron chi connectivity index (χ0n) is 24.5. The van der Waals surface area contributed by atoms with Gasteiger partial charge in [-0.2, -0.15) is 13.2 Å². The van der Waals surface area contributed by atoms with E-state index < -0.39 is 34.2 Å². The Morgan fingerprint density at radius 1 is 0.975 bits per heavy atom. The van der Waals surface area contributed by atoms with Gasteiger partial charge in [-0.1, -0.05) is 29.8 Å². The molecule has 0 saturated carbocycles. The van der Waals surface area contributed by atoms with Crippen LogP contribution in [0.2, 0.25) is 0 Å². The summed E-state index contributed by atoms with van der Waals surface area (Å²) in [5.74, 6) is 0.199. The van der Waals surface area contributed by atoms with Gasteiger partial charge in [-0.25, -0.2) is 0 Å². The maximum absolute atomic E-state index is 13.9. The minimum atomic E-state index is -4.44. The number of ether oxygens (including phenoxy) is 2. The molecule has 0 amide bonds. The third-order valence-corrected chi connectivity index (χ3v) is 7.73. The highest BCUT2D eigenvalue weighted by atomic mass is 19.4. The predicted octanol–water partition coefficient (Wildman–Crippen LogP) is 7.07. The molecule has 2 aromatic rings. The Balaban J connectivity index is 1.70. The molecule has 0 heterocycles. The summed E-state index contributed by atoms with van der Waals surface area (Å²) < 4.78 is 53.2. The van der Waals surface area contributed by atoms with Crippen molar-refractivity contribution in [3.63, 3.8) is 0 Å². The van der Waals surface area contributed by atoms with Gasteiger partial charge in [0.1, 0.15) is 5.75 Å². The Labute approximate surface area is 236 Å². The van der Waals surface area contributed by atoms with Gasteiger partial charge in [0.2, 0.25) is 0 Å². The quantitative estimate of drug-likeness (QED) is 0.240. The second-order valence-electron chi connectivity index (χ2n) is 12.4. The highest BCUT2D eigenvalue weighted by Crippen LogP contribution is 2.40. The highest BCUT2D eigenvalue weighted by Gasteiger charge is 2.47. The molecule has 5 nitrogen and oxygen atoms in total. The van der Waals surface area contributed by atoms with Crippen molar-refractivity contribution >= 4 is 17.6 Å². The standard InChI is InChI=1S/C32H43F3N2O3/c1-21-14-15-24(26(18-21)32(33,34)35)23-12-7-10-22-11-8-13-27(25(22)19-23)39-16-9-17-40-28(38)30(4,5)31(6,37)20-29(2,3)36/h8,11,13-15,18-19H,7,9-10,12,16-17,20,36-37H2,1-6H3. The molecule has 3 rings (SSSR count). The van der Waals surface area contributed by atoms with Gasteiger partial charge >= 0.3 is 12.1 Å². The topological polar surface area (TPSA) is 87.6 Å². The molecule has 0 spiro atoms. The third kappa shape index (κ3) is 7.67. The summed E-state index contributed by atoms with van der Waals surface area (Å²) in [7, 11) is 0. The molecular weight excluding hydrogens is 517 g/mol. The molecule has 1 aliphatic carbocycles. The lowest BCUT2D eigenvalue weighted by Gasteiger charge is -2.42. The van der Waals surface area contributed by atoms with E-state index in [1.54, 1.807) is 32.9 Å². The molecule has 0 bridgehead atoms. The molecule has 2 aromatic carbocycles. The van der Waals surface area contributed by atoms with Crippen molar-refractivity contribution in [2.75, 3.05) is 13.2 Å². The number of rotatable bonds is 10. The zero-order valence-corrected chi connectivity index (χ0v) is 24.5. The van der Waals surface area contributed by atoms with Crippen molar-refractivity contribution in [3.8, 4) is 5.75 Å². The van der Waals surface area contributed by atoms with Crippen LogP contribution >= 0.6 is 0 Å². The summed E-state index contributed by atoms with van der Waals surface area (Å²) in [4.78, 5) is 12.9. The fourth-order valence-electron chi connectivity index (χ4n) is 5.18. The average molecular weight is 561 g/mol. The number of halogens is 3. The molecule has 0 aromatic heterocycles. The van der Waals surface area contributed by atoms with Crippen molar-refractivity contribution in [3.05, 3.63) is 64.2 Å². The summed E-state index contributed by atoms with van der Waals surface area (Å²) in [5.41, 5.74) is 12.9. The largest absolute Gasteiger partial charge is 0.493 e. The summed E-state index contributed by atoms with van der Waals surface area (Å²) in [5, 5.41) is 0. The summed E-state index contributed by atoms with van der Waals surface area (Å²) in [6, 6.07) is 10.2.